The van der Waals surface area contributed by atoms with Gasteiger partial charge in [0.05, 0.1) is 6.10 Å². The fraction of sp³-hybridized carbons (Fsp3) is 0.533. The van der Waals surface area contributed by atoms with E-state index in [1.807, 2.05) is 37.3 Å². The Kier molecular flexibility index (Phi) is 4.24. The van der Waals surface area contributed by atoms with Gasteiger partial charge < -0.3 is 19.5 Å². The number of hydrogen-bond donors (Lipinski definition) is 1. The molecule has 0 aromatic carbocycles. The van der Waals surface area contributed by atoms with Crippen molar-refractivity contribution in [3.63, 3.8) is 0 Å². The first kappa shape index (κ1) is 14.8. The number of likely N-dealkylation sites (N-methyl/N-ethyl adjacent to an activating group) is 1. The third kappa shape index (κ3) is 3.19. The molecule has 2 aromatic heterocycles. The van der Waals surface area contributed by atoms with Crippen LogP contribution in [0.15, 0.2) is 24.7 Å². The van der Waals surface area contributed by atoms with E-state index in [1.54, 1.807) is 6.20 Å². The van der Waals surface area contributed by atoms with E-state index in [0.717, 1.165) is 37.7 Å². The molecule has 0 spiro atoms. The third-order valence-electron chi connectivity index (χ3n) is 4.06. The first-order valence-electron chi connectivity index (χ1n) is 7.58. The number of aliphatic hydroxyl groups excluding tert-OH is 1. The summed E-state index contributed by atoms with van der Waals surface area (Å²) in [6, 6.07) is 1.90. The highest BCUT2D eigenvalue weighted by atomic mass is 16.3. The Morgan fingerprint density at radius 2 is 2.23 bits per heavy atom. The van der Waals surface area contributed by atoms with Crippen molar-refractivity contribution < 1.29 is 5.11 Å². The number of aliphatic hydroxyl groups is 1. The minimum Gasteiger partial charge on any atom is -0.391 e. The van der Waals surface area contributed by atoms with Gasteiger partial charge in [0.2, 0.25) is 5.95 Å². The zero-order valence-corrected chi connectivity index (χ0v) is 13.1. The Morgan fingerprint density at radius 1 is 1.36 bits per heavy atom. The van der Waals surface area contributed by atoms with Crippen molar-refractivity contribution in [2.45, 2.75) is 26.0 Å². The van der Waals surface area contributed by atoms with Crippen LogP contribution < -0.4 is 9.80 Å². The summed E-state index contributed by atoms with van der Waals surface area (Å²) in [6.45, 7) is 5.14. The first-order valence-corrected chi connectivity index (χ1v) is 7.58. The molecule has 1 atom stereocenters. The van der Waals surface area contributed by atoms with Gasteiger partial charge >= 0.3 is 0 Å². The predicted molar refractivity (Wildman–Crippen MR) is 85.1 cm³/mol. The zero-order valence-electron chi connectivity index (χ0n) is 13.1. The normalized spacial score (nSPS) is 18.0. The zero-order chi connectivity index (χ0) is 15.5. The highest BCUT2D eigenvalue weighted by Gasteiger charge is 2.21. The molecular weight excluding hydrogens is 280 g/mol. The van der Waals surface area contributed by atoms with Crippen LogP contribution in [-0.4, -0.2) is 57.4 Å². The van der Waals surface area contributed by atoms with Crippen molar-refractivity contribution in [2.24, 2.45) is 0 Å². The molecule has 3 rings (SSSR count). The van der Waals surface area contributed by atoms with Crippen molar-refractivity contribution in [3.05, 3.63) is 30.5 Å². The average Bonchev–Trinajstić information content (AvgIpc) is 3.13. The molecule has 1 saturated heterocycles. The molecule has 0 bridgehead atoms. The van der Waals surface area contributed by atoms with Crippen molar-refractivity contribution in [1.82, 2.24) is 19.5 Å². The van der Waals surface area contributed by atoms with Crippen molar-refractivity contribution in [3.8, 4) is 0 Å². The van der Waals surface area contributed by atoms with Crippen LogP contribution in [0.2, 0.25) is 0 Å². The molecule has 2 aromatic rings. The fourth-order valence-electron chi connectivity index (χ4n) is 2.65. The van der Waals surface area contributed by atoms with E-state index in [9.17, 15) is 5.11 Å². The summed E-state index contributed by atoms with van der Waals surface area (Å²) >= 11 is 0. The number of aromatic nitrogens is 4. The van der Waals surface area contributed by atoms with Gasteiger partial charge in [-0.15, -0.1) is 0 Å². The number of anilines is 2. The highest BCUT2D eigenvalue weighted by molar-refractivity contribution is 5.44. The Bertz CT molecular complexity index is 628. The highest BCUT2D eigenvalue weighted by Crippen LogP contribution is 2.19. The molecule has 1 aliphatic heterocycles. The first-order chi connectivity index (χ1) is 10.6. The van der Waals surface area contributed by atoms with Gasteiger partial charge in [-0.1, -0.05) is 0 Å². The molecule has 0 aliphatic carbocycles. The van der Waals surface area contributed by atoms with E-state index >= 15 is 0 Å². The van der Waals surface area contributed by atoms with Gasteiger partial charge in [0, 0.05) is 51.8 Å². The van der Waals surface area contributed by atoms with Crippen molar-refractivity contribution in [2.75, 3.05) is 36.5 Å². The summed E-state index contributed by atoms with van der Waals surface area (Å²) in [5.74, 6) is 2.60. The average molecular weight is 302 g/mol. The Hall–Kier alpha value is -2.15. The maximum atomic E-state index is 9.65. The van der Waals surface area contributed by atoms with E-state index in [4.69, 9.17) is 0 Å². The fourth-order valence-corrected chi connectivity index (χ4v) is 2.65. The van der Waals surface area contributed by atoms with Gasteiger partial charge in [0.1, 0.15) is 11.6 Å². The molecule has 22 heavy (non-hydrogen) atoms. The number of β-amino-alcohol motifs (C(OH)–C–C–N with tert-alkyl or cyclic N) is 1. The van der Waals surface area contributed by atoms with E-state index in [1.165, 1.54) is 0 Å². The standard InChI is InChI=1S/C15H22N6O/c1-12-16-6-8-20(12)10-9-19(2)15-17-5-3-14(18-15)21-7-4-13(22)11-21/h3,5-6,8,13,22H,4,7,9-11H2,1-2H3/t13-/m1/s1. The quantitative estimate of drug-likeness (QED) is 0.876. The number of aryl methyl sites for hydroxylation is 1. The molecule has 3 heterocycles. The van der Waals surface area contributed by atoms with Crippen LogP contribution in [0.4, 0.5) is 11.8 Å². The van der Waals surface area contributed by atoms with Gasteiger partial charge in [-0.05, 0) is 19.4 Å². The van der Waals surface area contributed by atoms with Crippen LogP contribution in [0.25, 0.3) is 0 Å². The van der Waals surface area contributed by atoms with Crippen LogP contribution in [0.5, 0.6) is 0 Å². The van der Waals surface area contributed by atoms with Gasteiger partial charge in [0.15, 0.2) is 0 Å². The minimum absolute atomic E-state index is 0.250. The molecule has 1 aliphatic rings. The second-order valence-electron chi connectivity index (χ2n) is 5.69. The molecule has 7 nitrogen and oxygen atoms in total. The second-order valence-corrected chi connectivity index (χ2v) is 5.69. The van der Waals surface area contributed by atoms with Gasteiger partial charge in [-0.25, -0.2) is 9.97 Å². The van der Waals surface area contributed by atoms with Gasteiger partial charge in [-0.2, -0.15) is 4.98 Å². The van der Waals surface area contributed by atoms with Gasteiger partial charge in [-0.3, -0.25) is 0 Å². The largest absolute Gasteiger partial charge is 0.391 e. The topological polar surface area (TPSA) is 70.3 Å². The Balaban J connectivity index is 1.65. The summed E-state index contributed by atoms with van der Waals surface area (Å²) in [5, 5.41) is 9.65. The number of imidazole rings is 1. The molecule has 0 radical (unpaired) electrons. The smallest absolute Gasteiger partial charge is 0.227 e. The summed E-state index contributed by atoms with van der Waals surface area (Å²) in [7, 11) is 1.99. The lowest BCUT2D eigenvalue weighted by atomic mass is 10.3. The Morgan fingerprint density at radius 3 is 2.91 bits per heavy atom. The molecule has 118 valence electrons. The summed E-state index contributed by atoms with van der Waals surface area (Å²) < 4.78 is 2.11. The summed E-state index contributed by atoms with van der Waals surface area (Å²) in [5.41, 5.74) is 0. The van der Waals surface area contributed by atoms with E-state index in [-0.39, 0.29) is 6.10 Å². The lowest BCUT2D eigenvalue weighted by Gasteiger charge is -2.21. The van der Waals surface area contributed by atoms with Crippen molar-refractivity contribution in [1.29, 1.82) is 0 Å². The minimum atomic E-state index is -0.250. The molecular formula is C15H22N6O. The number of hydrogen-bond acceptors (Lipinski definition) is 6. The molecule has 1 N–H and O–H groups in total. The summed E-state index contributed by atoms with van der Waals surface area (Å²) in [6.07, 6.45) is 6.12. The van der Waals surface area contributed by atoms with E-state index < -0.39 is 0 Å². The van der Waals surface area contributed by atoms with Crippen molar-refractivity contribution >= 4 is 11.8 Å². The monoisotopic (exact) mass is 302 g/mol. The van der Waals surface area contributed by atoms with Crippen LogP contribution in [0.3, 0.4) is 0 Å². The van der Waals surface area contributed by atoms with Crippen LogP contribution in [-0.2, 0) is 6.54 Å². The second kappa shape index (κ2) is 6.31. The molecule has 0 amide bonds. The third-order valence-corrected chi connectivity index (χ3v) is 4.06. The van der Waals surface area contributed by atoms with Crippen LogP contribution in [0.1, 0.15) is 12.2 Å². The number of rotatable bonds is 5. The van der Waals surface area contributed by atoms with Gasteiger partial charge in [0.25, 0.3) is 0 Å². The SMILES string of the molecule is Cc1nccn1CCN(C)c1nccc(N2CC[C@@H](O)C2)n1. The molecule has 1 fully saturated rings. The molecule has 0 saturated carbocycles. The number of nitrogens with zero attached hydrogens (tertiary/aromatic N) is 6. The summed E-state index contributed by atoms with van der Waals surface area (Å²) in [4.78, 5) is 17.3. The van der Waals surface area contributed by atoms with Crippen LogP contribution >= 0.6 is 0 Å². The van der Waals surface area contributed by atoms with E-state index in [0.29, 0.717) is 12.5 Å². The van der Waals surface area contributed by atoms with Crippen LogP contribution in [0, 0.1) is 6.92 Å². The molecule has 7 heteroatoms. The Labute approximate surface area is 130 Å². The maximum absolute atomic E-state index is 9.65. The lowest BCUT2D eigenvalue weighted by molar-refractivity contribution is 0.198. The predicted octanol–water partition coefficient (Wildman–Crippen LogP) is 0.689. The maximum Gasteiger partial charge on any atom is 0.227 e. The molecule has 0 unspecified atom stereocenters. The van der Waals surface area contributed by atoms with E-state index in [2.05, 4.69) is 24.4 Å². The lowest BCUT2D eigenvalue weighted by Crippen LogP contribution is -2.27.